The van der Waals surface area contributed by atoms with Crippen molar-refractivity contribution in [1.29, 1.82) is 0 Å². The molecule has 1 fully saturated rings. The van der Waals surface area contributed by atoms with Gasteiger partial charge in [0.25, 0.3) is 5.56 Å². The SMILES string of the molecule is O=c1c2ccccc2ncn1C1CCCN(S(=O)(=O)/C=C/c2ccccc2)C1. The zero-order valence-electron chi connectivity index (χ0n) is 15.3. The summed E-state index contributed by atoms with van der Waals surface area (Å²) in [6.07, 6.45) is 4.57. The first-order valence-electron chi connectivity index (χ1n) is 9.24. The van der Waals surface area contributed by atoms with E-state index in [0.29, 0.717) is 23.9 Å². The summed E-state index contributed by atoms with van der Waals surface area (Å²) in [4.78, 5) is 17.2. The van der Waals surface area contributed by atoms with Crippen LogP contribution in [0, 0.1) is 0 Å². The molecule has 28 heavy (non-hydrogen) atoms. The van der Waals surface area contributed by atoms with Crippen LogP contribution in [0.4, 0.5) is 0 Å². The van der Waals surface area contributed by atoms with Crippen molar-refractivity contribution in [3.8, 4) is 0 Å². The molecule has 1 aromatic heterocycles. The highest BCUT2D eigenvalue weighted by atomic mass is 32.2. The molecule has 6 nitrogen and oxygen atoms in total. The van der Waals surface area contributed by atoms with Crippen molar-refractivity contribution in [2.75, 3.05) is 13.1 Å². The van der Waals surface area contributed by atoms with E-state index in [-0.39, 0.29) is 18.1 Å². The van der Waals surface area contributed by atoms with Crippen LogP contribution in [0.2, 0.25) is 0 Å². The monoisotopic (exact) mass is 395 g/mol. The molecule has 2 aromatic carbocycles. The predicted octanol–water partition coefficient (Wildman–Crippen LogP) is 3.03. The summed E-state index contributed by atoms with van der Waals surface area (Å²) in [5.41, 5.74) is 1.35. The summed E-state index contributed by atoms with van der Waals surface area (Å²) < 4.78 is 28.6. The van der Waals surface area contributed by atoms with Crippen LogP contribution < -0.4 is 5.56 Å². The molecule has 3 aromatic rings. The van der Waals surface area contributed by atoms with Crippen LogP contribution in [0.3, 0.4) is 0 Å². The second kappa shape index (κ2) is 7.69. The van der Waals surface area contributed by atoms with E-state index in [9.17, 15) is 13.2 Å². The molecule has 0 amide bonds. The lowest BCUT2D eigenvalue weighted by molar-refractivity contribution is 0.264. The van der Waals surface area contributed by atoms with Crippen molar-refractivity contribution in [1.82, 2.24) is 13.9 Å². The van der Waals surface area contributed by atoms with Gasteiger partial charge in [-0.25, -0.2) is 13.4 Å². The Labute approximate surface area is 163 Å². The minimum atomic E-state index is -3.56. The molecule has 1 aliphatic rings. The molecule has 0 spiro atoms. The lowest BCUT2D eigenvalue weighted by Crippen LogP contribution is -2.42. The summed E-state index contributed by atoms with van der Waals surface area (Å²) in [5, 5.41) is 1.79. The third-order valence-electron chi connectivity index (χ3n) is 5.03. The summed E-state index contributed by atoms with van der Waals surface area (Å²) in [6, 6.07) is 16.3. The maximum atomic E-state index is 12.8. The van der Waals surface area contributed by atoms with Gasteiger partial charge in [-0.2, -0.15) is 4.31 Å². The molecule has 4 rings (SSSR count). The number of nitrogens with zero attached hydrogens (tertiary/aromatic N) is 3. The molecular formula is C21H21N3O3S. The van der Waals surface area contributed by atoms with Crippen molar-refractivity contribution in [2.24, 2.45) is 0 Å². The maximum Gasteiger partial charge on any atom is 0.261 e. The first kappa shape index (κ1) is 18.6. The normalized spacial score (nSPS) is 18.6. The van der Waals surface area contributed by atoms with Gasteiger partial charge >= 0.3 is 0 Å². The first-order chi connectivity index (χ1) is 13.5. The van der Waals surface area contributed by atoms with E-state index in [0.717, 1.165) is 12.0 Å². The molecule has 1 saturated heterocycles. The van der Waals surface area contributed by atoms with Crippen LogP contribution in [0.1, 0.15) is 24.4 Å². The van der Waals surface area contributed by atoms with Crippen molar-refractivity contribution < 1.29 is 8.42 Å². The average Bonchev–Trinajstić information content (AvgIpc) is 2.74. The van der Waals surface area contributed by atoms with Crippen LogP contribution in [0.15, 0.2) is 71.1 Å². The summed E-state index contributed by atoms with van der Waals surface area (Å²) in [6.45, 7) is 0.717. The molecule has 2 heterocycles. The predicted molar refractivity (Wildman–Crippen MR) is 110 cm³/mol. The highest BCUT2D eigenvalue weighted by Gasteiger charge is 2.29. The van der Waals surface area contributed by atoms with E-state index in [2.05, 4.69) is 4.98 Å². The Kier molecular flexibility index (Phi) is 5.11. The van der Waals surface area contributed by atoms with E-state index < -0.39 is 10.0 Å². The van der Waals surface area contributed by atoms with Crippen molar-refractivity contribution in [3.05, 3.63) is 82.2 Å². The number of hydrogen-bond acceptors (Lipinski definition) is 4. The van der Waals surface area contributed by atoms with Gasteiger partial charge in [0.15, 0.2) is 0 Å². The average molecular weight is 395 g/mol. The second-order valence-corrected chi connectivity index (χ2v) is 8.71. The molecule has 7 heteroatoms. The molecule has 144 valence electrons. The third kappa shape index (κ3) is 3.76. The number of piperidine rings is 1. The zero-order chi connectivity index (χ0) is 19.6. The lowest BCUT2D eigenvalue weighted by Gasteiger charge is -2.32. The summed E-state index contributed by atoms with van der Waals surface area (Å²) in [5.74, 6) is 0. The van der Waals surface area contributed by atoms with Crippen LogP contribution >= 0.6 is 0 Å². The topological polar surface area (TPSA) is 72.3 Å². The largest absolute Gasteiger partial charge is 0.294 e. The third-order valence-corrected chi connectivity index (χ3v) is 6.57. The van der Waals surface area contributed by atoms with Gasteiger partial charge in [0.05, 0.1) is 23.3 Å². The Hall–Kier alpha value is -2.77. The Morgan fingerprint density at radius 2 is 1.79 bits per heavy atom. The smallest absolute Gasteiger partial charge is 0.261 e. The Morgan fingerprint density at radius 1 is 1.04 bits per heavy atom. The van der Waals surface area contributed by atoms with E-state index >= 15 is 0 Å². The maximum absolute atomic E-state index is 12.8. The number of para-hydroxylation sites is 1. The fourth-order valence-electron chi connectivity index (χ4n) is 3.54. The number of benzene rings is 2. The standard InChI is InChI=1S/C21H21N3O3S/c25-21-19-10-4-5-11-20(19)22-16-24(21)18-9-6-13-23(15-18)28(26,27)14-12-17-7-2-1-3-8-17/h1-5,7-8,10-12,14,16,18H,6,9,13,15H2/b14-12+. The molecule has 1 unspecified atom stereocenters. The highest BCUT2D eigenvalue weighted by Crippen LogP contribution is 2.23. The van der Waals surface area contributed by atoms with E-state index in [4.69, 9.17) is 0 Å². The van der Waals surface area contributed by atoms with Crippen molar-refractivity contribution in [3.63, 3.8) is 0 Å². The molecule has 0 saturated carbocycles. The Balaban J connectivity index is 1.59. The first-order valence-corrected chi connectivity index (χ1v) is 10.7. The van der Waals surface area contributed by atoms with E-state index in [1.807, 2.05) is 42.5 Å². The van der Waals surface area contributed by atoms with Gasteiger partial charge in [-0.1, -0.05) is 42.5 Å². The van der Waals surface area contributed by atoms with Gasteiger partial charge in [0, 0.05) is 18.5 Å². The fraction of sp³-hybridized carbons (Fsp3) is 0.238. The number of aromatic nitrogens is 2. The van der Waals surface area contributed by atoms with Crippen LogP contribution in [-0.2, 0) is 10.0 Å². The molecule has 1 aliphatic heterocycles. The van der Waals surface area contributed by atoms with Gasteiger partial charge in [-0.3, -0.25) is 9.36 Å². The Morgan fingerprint density at radius 3 is 2.61 bits per heavy atom. The van der Waals surface area contributed by atoms with Crippen LogP contribution in [0.25, 0.3) is 17.0 Å². The minimum absolute atomic E-state index is 0.130. The minimum Gasteiger partial charge on any atom is -0.294 e. The molecule has 0 bridgehead atoms. The second-order valence-electron chi connectivity index (χ2n) is 6.89. The van der Waals surface area contributed by atoms with Gasteiger partial charge in [0.2, 0.25) is 10.0 Å². The lowest BCUT2D eigenvalue weighted by atomic mass is 10.1. The number of sulfonamides is 1. The summed E-state index contributed by atoms with van der Waals surface area (Å²) in [7, 11) is -3.56. The number of fused-ring (bicyclic) bond motifs is 1. The Bertz CT molecular complexity index is 1170. The molecular weight excluding hydrogens is 374 g/mol. The van der Waals surface area contributed by atoms with Gasteiger partial charge in [-0.15, -0.1) is 0 Å². The van der Waals surface area contributed by atoms with E-state index in [1.165, 1.54) is 16.0 Å². The highest BCUT2D eigenvalue weighted by molar-refractivity contribution is 7.92. The molecule has 1 atom stereocenters. The zero-order valence-corrected chi connectivity index (χ0v) is 16.1. The number of rotatable bonds is 4. The fourth-order valence-corrected chi connectivity index (χ4v) is 4.80. The van der Waals surface area contributed by atoms with Crippen molar-refractivity contribution >= 4 is 27.0 Å². The molecule has 0 N–H and O–H groups in total. The van der Waals surface area contributed by atoms with E-state index in [1.54, 1.807) is 22.8 Å². The van der Waals surface area contributed by atoms with Crippen molar-refractivity contribution in [2.45, 2.75) is 18.9 Å². The van der Waals surface area contributed by atoms with Crippen LogP contribution in [0.5, 0.6) is 0 Å². The summed E-state index contributed by atoms with van der Waals surface area (Å²) >= 11 is 0. The molecule has 0 aliphatic carbocycles. The van der Waals surface area contributed by atoms with Gasteiger partial charge in [-0.05, 0) is 36.6 Å². The molecule has 0 radical (unpaired) electrons. The van der Waals surface area contributed by atoms with Gasteiger partial charge in [0.1, 0.15) is 0 Å². The van der Waals surface area contributed by atoms with Crippen LogP contribution in [-0.4, -0.2) is 35.4 Å². The van der Waals surface area contributed by atoms with Gasteiger partial charge < -0.3 is 0 Å². The number of hydrogen-bond donors (Lipinski definition) is 0. The quantitative estimate of drug-likeness (QED) is 0.681.